The third-order valence-electron chi connectivity index (χ3n) is 5.81. The van der Waals surface area contributed by atoms with Gasteiger partial charge in [0.25, 0.3) is 0 Å². The van der Waals surface area contributed by atoms with E-state index in [0.717, 1.165) is 43.2 Å². The van der Waals surface area contributed by atoms with Crippen molar-refractivity contribution in [3.05, 3.63) is 46.6 Å². The van der Waals surface area contributed by atoms with E-state index in [0.29, 0.717) is 18.4 Å². The Labute approximate surface area is 243 Å². The molecule has 10 nitrogen and oxygen atoms in total. The molecule has 41 heavy (non-hydrogen) atoms. The standard InChI is InChI=1S/C31H46N2O8/c1-7-10-11-15-24-18-26(40-30(36)32-20-28(34)38-8-2)25(17-16-23(6)14-12-13-22(4)5)27(19-24)41-31(37)33-21-29(35)39-9-3/h13,16,18-19H,7-12,14-15,17,20-21H2,1-6H3,(H,32,36)(H,33,37)/b23-16+. The number of hydrogen-bond donors (Lipinski definition) is 2. The van der Waals surface area contributed by atoms with E-state index in [1.54, 1.807) is 26.0 Å². The van der Waals surface area contributed by atoms with Gasteiger partial charge in [0.2, 0.25) is 0 Å². The molecule has 0 heterocycles. The summed E-state index contributed by atoms with van der Waals surface area (Å²) in [5, 5.41) is 4.79. The van der Waals surface area contributed by atoms with Crippen molar-refractivity contribution in [2.75, 3.05) is 26.3 Å². The van der Waals surface area contributed by atoms with Gasteiger partial charge in [-0.05, 0) is 84.4 Å². The molecule has 0 spiro atoms. The zero-order valence-electron chi connectivity index (χ0n) is 25.4. The van der Waals surface area contributed by atoms with Crippen molar-refractivity contribution in [3.63, 3.8) is 0 Å². The first-order valence-electron chi connectivity index (χ1n) is 14.3. The maximum absolute atomic E-state index is 12.6. The minimum absolute atomic E-state index is 0.192. The number of rotatable bonds is 17. The van der Waals surface area contributed by atoms with Crippen LogP contribution in [0.15, 0.2) is 35.4 Å². The van der Waals surface area contributed by atoms with E-state index in [4.69, 9.17) is 18.9 Å². The monoisotopic (exact) mass is 574 g/mol. The predicted octanol–water partition coefficient (Wildman–Crippen LogP) is 5.96. The predicted molar refractivity (Wildman–Crippen MR) is 157 cm³/mol. The van der Waals surface area contributed by atoms with E-state index in [9.17, 15) is 19.2 Å². The van der Waals surface area contributed by atoms with Crippen molar-refractivity contribution in [1.82, 2.24) is 10.6 Å². The smallest absolute Gasteiger partial charge is 0.413 e. The quantitative estimate of drug-likeness (QED) is 0.133. The molecule has 0 saturated carbocycles. The van der Waals surface area contributed by atoms with Crippen molar-refractivity contribution in [3.8, 4) is 11.5 Å². The fraction of sp³-hybridized carbons (Fsp3) is 0.548. The summed E-state index contributed by atoms with van der Waals surface area (Å²) in [6, 6.07) is 3.51. The maximum atomic E-state index is 12.6. The maximum Gasteiger partial charge on any atom is 0.413 e. The van der Waals surface area contributed by atoms with E-state index >= 15 is 0 Å². The zero-order chi connectivity index (χ0) is 30.6. The van der Waals surface area contributed by atoms with Gasteiger partial charge in [0.05, 0.1) is 13.2 Å². The number of hydrogen-bond acceptors (Lipinski definition) is 8. The van der Waals surface area contributed by atoms with E-state index < -0.39 is 24.1 Å². The van der Waals surface area contributed by atoms with Crippen LogP contribution >= 0.6 is 0 Å². The first-order valence-corrected chi connectivity index (χ1v) is 14.3. The molecule has 0 saturated heterocycles. The number of amides is 2. The molecule has 0 aliphatic heterocycles. The van der Waals surface area contributed by atoms with E-state index in [1.807, 2.05) is 26.8 Å². The molecule has 0 atom stereocenters. The molecule has 0 radical (unpaired) electrons. The van der Waals surface area contributed by atoms with E-state index in [-0.39, 0.29) is 37.8 Å². The summed E-state index contributed by atoms with van der Waals surface area (Å²) in [7, 11) is 0. The third-order valence-corrected chi connectivity index (χ3v) is 5.81. The van der Waals surface area contributed by atoms with E-state index in [1.165, 1.54) is 5.57 Å². The average molecular weight is 575 g/mol. The van der Waals surface area contributed by atoms with Crippen LogP contribution in [0.2, 0.25) is 0 Å². The number of allylic oxidation sites excluding steroid dienone is 4. The molecule has 0 bridgehead atoms. The Kier molecular flexibility index (Phi) is 17.3. The summed E-state index contributed by atoms with van der Waals surface area (Å²) in [4.78, 5) is 48.6. The van der Waals surface area contributed by atoms with Gasteiger partial charge in [0.15, 0.2) is 0 Å². The molecule has 1 rings (SSSR count). The molecule has 2 N–H and O–H groups in total. The lowest BCUT2D eigenvalue weighted by molar-refractivity contribution is -0.142. The molecule has 1 aromatic carbocycles. The van der Waals surface area contributed by atoms with Crippen LogP contribution in [0.25, 0.3) is 0 Å². The average Bonchev–Trinajstić information content (AvgIpc) is 2.90. The van der Waals surface area contributed by atoms with Crippen molar-refractivity contribution in [2.24, 2.45) is 0 Å². The highest BCUT2D eigenvalue weighted by atomic mass is 16.6. The van der Waals surface area contributed by atoms with Gasteiger partial charge in [-0.2, -0.15) is 0 Å². The molecule has 10 heteroatoms. The summed E-state index contributed by atoms with van der Waals surface area (Å²) in [6.07, 6.45) is 8.11. The van der Waals surface area contributed by atoms with Crippen LogP contribution in [-0.2, 0) is 31.9 Å². The summed E-state index contributed by atoms with van der Waals surface area (Å²) in [5.41, 5.74) is 3.65. The number of carbonyl (C=O) groups is 4. The van der Waals surface area contributed by atoms with Crippen LogP contribution < -0.4 is 20.1 Å². The fourth-order valence-corrected chi connectivity index (χ4v) is 3.73. The van der Waals surface area contributed by atoms with Crippen LogP contribution in [-0.4, -0.2) is 50.4 Å². The highest BCUT2D eigenvalue weighted by Crippen LogP contribution is 2.33. The Bertz CT molecular complexity index is 1020. The van der Waals surface area contributed by atoms with Crippen molar-refractivity contribution in [1.29, 1.82) is 0 Å². The Morgan fingerprint density at radius 1 is 0.780 bits per heavy atom. The molecule has 0 aromatic heterocycles. The third kappa shape index (κ3) is 15.5. The lowest BCUT2D eigenvalue weighted by Gasteiger charge is -2.17. The second-order valence-electron chi connectivity index (χ2n) is 9.70. The lowest BCUT2D eigenvalue weighted by Crippen LogP contribution is -2.33. The summed E-state index contributed by atoms with van der Waals surface area (Å²) < 4.78 is 21.0. The van der Waals surface area contributed by atoms with Crippen molar-refractivity contribution in [2.45, 2.75) is 86.5 Å². The first-order chi connectivity index (χ1) is 19.6. The normalized spacial score (nSPS) is 10.8. The number of aryl methyl sites for hydroxylation is 1. The SMILES string of the molecule is CCCCCc1cc(OC(=O)NCC(=O)OCC)c(C/C=C(\C)CCC=C(C)C)c(OC(=O)NCC(=O)OCC)c1. The molecule has 1 aromatic rings. The highest BCUT2D eigenvalue weighted by molar-refractivity contribution is 5.80. The molecule has 2 amide bonds. The van der Waals surface area contributed by atoms with Crippen LogP contribution in [0.3, 0.4) is 0 Å². The topological polar surface area (TPSA) is 129 Å². The molecule has 228 valence electrons. The van der Waals surface area contributed by atoms with Crippen LogP contribution in [0.1, 0.15) is 84.8 Å². The zero-order valence-corrected chi connectivity index (χ0v) is 25.4. The minimum atomic E-state index is -0.841. The van der Waals surface area contributed by atoms with Gasteiger partial charge in [0, 0.05) is 5.56 Å². The minimum Gasteiger partial charge on any atom is -0.465 e. The van der Waals surface area contributed by atoms with Crippen LogP contribution in [0.5, 0.6) is 11.5 Å². The highest BCUT2D eigenvalue weighted by Gasteiger charge is 2.19. The van der Waals surface area contributed by atoms with Gasteiger partial charge < -0.3 is 29.6 Å². The number of benzene rings is 1. The van der Waals surface area contributed by atoms with Crippen LogP contribution in [0, 0.1) is 0 Å². The second-order valence-corrected chi connectivity index (χ2v) is 9.70. The number of esters is 2. The van der Waals surface area contributed by atoms with Gasteiger partial charge in [-0.15, -0.1) is 0 Å². The van der Waals surface area contributed by atoms with Crippen molar-refractivity contribution >= 4 is 24.1 Å². The van der Waals surface area contributed by atoms with Gasteiger partial charge in [-0.1, -0.05) is 43.1 Å². The van der Waals surface area contributed by atoms with Gasteiger partial charge in [-0.3, -0.25) is 9.59 Å². The summed E-state index contributed by atoms with van der Waals surface area (Å²) in [6.45, 7) is 11.2. The summed E-state index contributed by atoms with van der Waals surface area (Å²) >= 11 is 0. The molecule has 0 unspecified atom stereocenters. The molecule has 0 aliphatic rings. The number of carbonyl (C=O) groups excluding carboxylic acids is 4. The van der Waals surface area contributed by atoms with Crippen molar-refractivity contribution < 1.29 is 38.1 Å². The summed E-state index contributed by atoms with van der Waals surface area (Å²) in [5.74, 6) is -0.755. The van der Waals surface area contributed by atoms with Gasteiger partial charge in [0.1, 0.15) is 24.6 Å². The molecule has 0 aliphatic carbocycles. The number of unbranched alkanes of at least 4 members (excludes halogenated alkanes) is 2. The molecular formula is C31H46N2O8. The second kappa shape index (κ2) is 20.1. The Morgan fingerprint density at radius 3 is 1.78 bits per heavy atom. The Hall–Kier alpha value is -3.82. The van der Waals surface area contributed by atoms with Gasteiger partial charge in [-0.25, -0.2) is 9.59 Å². The van der Waals surface area contributed by atoms with Crippen LogP contribution in [0.4, 0.5) is 9.59 Å². The Balaban J connectivity index is 3.35. The number of ether oxygens (including phenoxy) is 4. The van der Waals surface area contributed by atoms with E-state index in [2.05, 4.69) is 23.6 Å². The molecule has 0 fully saturated rings. The largest absolute Gasteiger partial charge is 0.465 e. The molecular weight excluding hydrogens is 528 g/mol. The fourth-order valence-electron chi connectivity index (χ4n) is 3.73. The number of nitrogens with one attached hydrogen (secondary N) is 2. The van der Waals surface area contributed by atoms with Gasteiger partial charge >= 0.3 is 24.1 Å². The first kappa shape index (κ1) is 35.2. The lowest BCUT2D eigenvalue weighted by atomic mass is 10.00. The Morgan fingerprint density at radius 2 is 1.32 bits per heavy atom.